The highest BCUT2D eigenvalue weighted by Crippen LogP contribution is 2.31. The molecule has 0 aliphatic heterocycles. The van der Waals surface area contributed by atoms with Crippen LogP contribution in [0.15, 0.2) is 24.3 Å². The van der Waals surface area contributed by atoms with E-state index in [0.717, 1.165) is 0 Å². The van der Waals surface area contributed by atoms with Crippen LogP contribution in [0.1, 0.15) is 17.3 Å². The van der Waals surface area contributed by atoms with Gasteiger partial charge in [0.15, 0.2) is 5.78 Å². The van der Waals surface area contributed by atoms with Crippen molar-refractivity contribution in [3.63, 3.8) is 0 Å². The van der Waals surface area contributed by atoms with Crippen molar-refractivity contribution in [1.29, 1.82) is 0 Å². The minimum absolute atomic E-state index is 0.470. The Morgan fingerprint density at radius 1 is 1.33 bits per heavy atom. The first-order valence-corrected chi connectivity index (χ1v) is 5.31. The Hall–Kier alpha value is -1.16. The van der Waals surface area contributed by atoms with Crippen molar-refractivity contribution in [2.24, 2.45) is 0 Å². The zero-order valence-corrected chi connectivity index (χ0v) is 10.1. The van der Waals surface area contributed by atoms with Crippen molar-refractivity contribution in [2.45, 2.75) is 11.8 Å². The monoisotopic (exact) mass is 270 g/mol. The molecular formula is C11H11BrO3. The second kappa shape index (κ2) is 5.07. The van der Waals surface area contributed by atoms with Crippen LogP contribution in [0, 0.1) is 0 Å². The van der Waals surface area contributed by atoms with E-state index in [4.69, 9.17) is 4.74 Å². The van der Waals surface area contributed by atoms with Gasteiger partial charge in [-0.3, -0.25) is 9.59 Å². The van der Waals surface area contributed by atoms with Crippen LogP contribution >= 0.6 is 15.9 Å². The Bertz CT molecular complexity index is 387. The molecule has 0 radical (unpaired) electrons. The molecule has 0 aliphatic rings. The lowest BCUT2D eigenvalue weighted by molar-refractivity contribution is -0.135. The van der Waals surface area contributed by atoms with Crippen molar-refractivity contribution in [3.05, 3.63) is 29.8 Å². The molecule has 1 aromatic rings. The summed E-state index contributed by atoms with van der Waals surface area (Å²) < 4.78 is 5.10. The third-order valence-electron chi connectivity index (χ3n) is 1.99. The molecule has 4 heteroatoms. The number of halogens is 1. The van der Waals surface area contributed by atoms with E-state index >= 15 is 0 Å². The number of carbonyl (C=O) groups excluding carboxylic acids is 2. The summed E-state index contributed by atoms with van der Waals surface area (Å²) in [4.78, 5) is 21.8. The number of hydrogen-bond donors (Lipinski definition) is 0. The van der Waals surface area contributed by atoms with Gasteiger partial charge in [-0.1, -0.05) is 34.1 Å². The lowest BCUT2D eigenvalue weighted by atomic mass is 10.1. The topological polar surface area (TPSA) is 43.4 Å². The van der Waals surface area contributed by atoms with E-state index in [9.17, 15) is 9.59 Å². The number of methoxy groups -OCH3 is 1. The Morgan fingerprint density at radius 3 is 2.47 bits per heavy atom. The SMILES string of the molecule is COc1ccccc1C(Br)C(=O)C(C)=O. The van der Waals surface area contributed by atoms with Gasteiger partial charge in [0.2, 0.25) is 5.78 Å². The van der Waals surface area contributed by atoms with Crippen molar-refractivity contribution in [2.75, 3.05) is 7.11 Å². The van der Waals surface area contributed by atoms with Crippen LogP contribution in [0.4, 0.5) is 0 Å². The van der Waals surface area contributed by atoms with E-state index in [1.165, 1.54) is 14.0 Å². The fourth-order valence-electron chi connectivity index (χ4n) is 1.20. The third-order valence-corrected chi connectivity index (χ3v) is 2.90. The first-order valence-electron chi connectivity index (χ1n) is 4.39. The average Bonchev–Trinajstić information content (AvgIpc) is 2.26. The summed E-state index contributed by atoms with van der Waals surface area (Å²) in [6, 6.07) is 7.09. The van der Waals surface area contributed by atoms with Crippen molar-refractivity contribution in [3.8, 4) is 5.75 Å². The maximum absolute atomic E-state index is 11.5. The van der Waals surface area contributed by atoms with Gasteiger partial charge < -0.3 is 4.74 Å². The minimum Gasteiger partial charge on any atom is -0.496 e. The summed E-state index contributed by atoms with van der Waals surface area (Å²) in [7, 11) is 1.52. The number of carbonyl (C=O) groups is 2. The molecule has 0 spiro atoms. The molecule has 3 nitrogen and oxygen atoms in total. The molecule has 0 aliphatic carbocycles. The van der Waals surface area contributed by atoms with Crippen LogP contribution in [-0.2, 0) is 9.59 Å². The van der Waals surface area contributed by atoms with Crippen LogP contribution < -0.4 is 4.74 Å². The highest BCUT2D eigenvalue weighted by Gasteiger charge is 2.23. The largest absolute Gasteiger partial charge is 0.496 e. The molecule has 0 amide bonds. The molecule has 1 aromatic carbocycles. The first kappa shape index (κ1) is 11.9. The van der Waals surface area contributed by atoms with E-state index in [1.54, 1.807) is 24.3 Å². The number of rotatable bonds is 4. The Morgan fingerprint density at radius 2 is 1.93 bits per heavy atom. The second-order valence-corrected chi connectivity index (χ2v) is 3.94. The molecule has 0 aromatic heterocycles. The van der Waals surface area contributed by atoms with Crippen molar-refractivity contribution >= 4 is 27.5 Å². The third kappa shape index (κ3) is 2.65. The number of ketones is 2. The van der Waals surface area contributed by atoms with Crippen LogP contribution in [0.3, 0.4) is 0 Å². The minimum atomic E-state index is -0.633. The van der Waals surface area contributed by atoms with Crippen molar-refractivity contribution in [1.82, 2.24) is 0 Å². The van der Waals surface area contributed by atoms with Gasteiger partial charge in [-0.2, -0.15) is 0 Å². The van der Waals surface area contributed by atoms with Crippen molar-refractivity contribution < 1.29 is 14.3 Å². The zero-order valence-electron chi connectivity index (χ0n) is 8.49. The molecule has 1 atom stereocenters. The molecule has 15 heavy (non-hydrogen) atoms. The lowest BCUT2D eigenvalue weighted by Crippen LogP contribution is -2.15. The molecule has 0 bridgehead atoms. The van der Waals surface area contributed by atoms with Gasteiger partial charge in [-0.05, 0) is 6.07 Å². The number of hydrogen-bond acceptors (Lipinski definition) is 3. The normalized spacial score (nSPS) is 11.9. The molecule has 1 unspecified atom stereocenters. The highest BCUT2D eigenvalue weighted by molar-refractivity contribution is 9.09. The van der Waals surface area contributed by atoms with Crippen LogP contribution in [0.25, 0.3) is 0 Å². The smallest absolute Gasteiger partial charge is 0.216 e. The number of ether oxygens (including phenoxy) is 1. The van der Waals surface area contributed by atoms with Gasteiger partial charge in [0.1, 0.15) is 10.6 Å². The summed E-state index contributed by atoms with van der Waals surface area (Å²) in [5.41, 5.74) is 0.667. The molecule has 0 fully saturated rings. The standard InChI is InChI=1S/C11H11BrO3/c1-7(13)11(14)10(12)8-5-3-4-6-9(8)15-2/h3-6,10H,1-2H3. The molecule has 0 heterocycles. The van der Waals surface area contributed by atoms with E-state index in [2.05, 4.69) is 15.9 Å². The zero-order chi connectivity index (χ0) is 11.4. The average molecular weight is 271 g/mol. The quantitative estimate of drug-likeness (QED) is 0.623. The molecular weight excluding hydrogens is 260 g/mol. The number of benzene rings is 1. The highest BCUT2D eigenvalue weighted by atomic mass is 79.9. The van der Waals surface area contributed by atoms with Gasteiger partial charge in [0.25, 0.3) is 0 Å². The predicted molar refractivity (Wildman–Crippen MR) is 60.4 cm³/mol. The summed E-state index contributed by atoms with van der Waals surface area (Å²) in [6.07, 6.45) is 0. The van der Waals surface area contributed by atoms with E-state index < -0.39 is 16.4 Å². The van der Waals surface area contributed by atoms with Gasteiger partial charge in [-0.15, -0.1) is 0 Å². The molecule has 0 saturated carbocycles. The fourth-order valence-corrected chi connectivity index (χ4v) is 1.90. The molecule has 1 rings (SSSR count). The number of alkyl halides is 1. The molecule has 80 valence electrons. The Kier molecular flexibility index (Phi) is 4.03. The van der Waals surface area contributed by atoms with Gasteiger partial charge in [0, 0.05) is 12.5 Å². The summed E-state index contributed by atoms with van der Waals surface area (Å²) in [5, 5.41) is 0. The maximum Gasteiger partial charge on any atom is 0.216 e. The number of Topliss-reactive ketones (excluding diaryl/α,β-unsaturated/α-hetero) is 2. The maximum atomic E-state index is 11.5. The van der Waals surface area contributed by atoms with Crippen LogP contribution in [0.2, 0.25) is 0 Å². The summed E-state index contributed by atoms with van der Waals surface area (Å²) in [6.45, 7) is 1.26. The van der Waals surface area contributed by atoms with E-state index in [1.807, 2.05) is 0 Å². The summed E-state index contributed by atoms with van der Waals surface area (Å²) in [5.74, 6) is -0.351. The lowest BCUT2D eigenvalue weighted by Gasteiger charge is -2.11. The van der Waals surface area contributed by atoms with Crippen LogP contribution in [0.5, 0.6) is 5.75 Å². The number of para-hydroxylation sites is 1. The van der Waals surface area contributed by atoms with Gasteiger partial charge in [0.05, 0.1) is 7.11 Å². The van der Waals surface area contributed by atoms with E-state index in [-0.39, 0.29) is 0 Å². The second-order valence-electron chi connectivity index (χ2n) is 3.02. The van der Waals surface area contributed by atoms with Gasteiger partial charge in [-0.25, -0.2) is 0 Å². The molecule has 0 N–H and O–H groups in total. The first-order chi connectivity index (χ1) is 7.07. The Balaban J connectivity index is 3.05. The fraction of sp³-hybridized carbons (Fsp3) is 0.273. The van der Waals surface area contributed by atoms with E-state index in [0.29, 0.717) is 11.3 Å². The summed E-state index contributed by atoms with van der Waals surface area (Å²) >= 11 is 3.19. The van der Waals surface area contributed by atoms with Gasteiger partial charge >= 0.3 is 0 Å². The Labute approximate surface area is 96.6 Å². The predicted octanol–water partition coefficient (Wildman–Crippen LogP) is 2.29. The molecule has 0 saturated heterocycles. The van der Waals surface area contributed by atoms with Crippen LogP contribution in [-0.4, -0.2) is 18.7 Å².